The predicted molar refractivity (Wildman–Crippen MR) is 114 cm³/mol. The summed E-state index contributed by atoms with van der Waals surface area (Å²) in [7, 11) is 0. The van der Waals surface area contributed by atoms with Gasteiger partial charge in [-0.3, -0.25) is 0 Å². The third-order valence-electron chi connectivity index (χ3n) is 4.26. The summed E-state index contributed by atoms with van der Waals surface area (Å²) in [6.07, 6.45) is 4.19. The van der Waals surface area contributed by atoms with Gasteiger partial charge in [-0.1, -0.05) is 12.1 Å². The van der Waals surface area contributed by atoms with Crippen molar-refractivity contribution in [2.45, 2.75) is 0 Å². The SMILES string of the molecule is N#Cc1ccc(/C=N/N(C(N)=O)c2ccc(Oc3ccnc(-n4cnnn4)c3)c(F)c2)cc1. The monoisotopic (exact) mass is 443 g/mol. The van der Waals surface area contributed by atoms with Crippen LogP contribution in [0.2, 0.25) is 0 Å². The molecule has 0 aliphatic carbocycles. The van der Waals surface area contributed by atoms with E-state index in [1.165, 1.54) is 41.6 Å². The lowest BCUT2D eigenvalue weighted by atomic mass is 10.2. The lowest BCUT2D eigenvalue weighted by Gasteiger charge is -2.15. The number of hydrogen-bond donors (Lipinski definition) is 1. The van der Waals surface area contributed by atoms with E-state index in [9.17, 15) is 9.18 Å². The number of primary amides is 1. The molecule has 12 heteroatoms. The zero-order valence-corrected chi connectivity index (χ0v) is 16.8. The van der Waals surface area contributed by atoms with Crippen LogP contribution in [-0.2, 0) is 0 Å². The fourth-order valence-electron chi connectivity index (χ4n) is 2.70. The maximum Gasteiger partial charge on any atom is 0.340 e. The Morgan fingerprint density at radius 3 is 2.70 bits per heavy atom. The van der Waals surface area contributed by atoms with Crippen molar-refractivity contribution in [2.24, 2.45) is 10.8 Å². The van der Waals surface area contributed by atoms with Crippen molar-refractivity contribution in [1.29, 1.82) is 5.26 Å². The molecule has 162 valence electrons. The molecule has 2 aromatic carbocycles. The summed E-state index contributed by atoms with van der Waals surface area (Å²) in [5.74, 6) is -0.152. The Labute approximate surface area is 186 Å². The van der Waals surface area contributed by atoms with Crippen LogP contribution >= 0.6 is 0 Å². The Hall–Kier alpha value is -5.18. The van der Waals surface area contributed by atoms with Crippen LogP contribution in [0.4, 0.5) is 14.9 Å². The van der Waals surface area contributed by atoms with Crippen molar-refractivity contribution >= 4 is 17.9 Å². The van der Waals surface area contributed by atoms with Crippen LogP contribution in [0.25, 0.3) is 5.82 Å². The van der Waals surface area contributed by atoms with Crippen LogP contribution in [0.15, 0.2) is 72.2 Å². The number of amides is 2. The molecule has 0 bridgehead atoms. The minimum atomic E-state index is -0.909. The van der Waals surface area contributed by atoms with Gasteiger partial charge in [-0.05, 0) is 46.3 Å². The van der Waals surface area contributed by atoms with Gasteiger partial charge in [0.2, 0.25) is 0 Å². The van der Waals surface area contributed by atoms with Crippen LogP contribution in [0, 0.1) is 17.1 Å². The van der Waals surface area contributed by atoms with E-state index in [1.54, 1.807) is 30.3 Å². The lowest BCUT2D eigenvalue weighted by Crippen LogP contribution is -2.31. The topological polar surface area (TPSA) is 148 Å². The molecule has 0 unspecified atom stereocenters. The number of hydrogen-bond acceptors (Lipinski definition) is 8. The maximum absolute atomic E-state index is 14.7. The van der Waals surface area contributed by atoms with Gasteiger partial charge in [0.1, 0.15) is 12.1 Å². The molecule has 0 atom stereocenters. The van der Waals surface area contributed by atoms with Crippen LogP contribution in [0.3, 0.4) is 0 Å². The van der Waals surface area contributed by atoms with Crippen LogP contribution in [0.5, 0.6) is 11.5 Å². The predicted octanol–water partition coefficient (Wildman–Crippen LogP) is 2.78. The van der Waals surface area contributed by atoms with Gasteiger partial charge in [0.25, 0.3) is 0 Å². The quantitative estimate of drug-likeness (QED) is 0.356. The van der Waals surface area contributed by atoms with Crippen LogP contribution in [-0.4, -0.2) is 37.4 Å². The van der Waals surface area contributed by atoms with Crippen molar-refractivity contribution in [2.75, 3.05) is 5.01 Å². The Morgan fingerprint density at radius 2 is 2.03 bits per heavy atom. The normalized spacial score (nSPS) is 10.7. The third kappa shape index (κ3) is 4.94. The van der Waals surface area contributed by atoms with E-state index in [4.69, 9.17) is 15.7 Å². The molecule has 0 fully saturated rings. The number of tetrazole rings is 1. The summed E-state index contributed by atoms with van der Waals surface area (Å²) in [6, 6.07) is 14.5. The zero-order chi connectivity index (χ0) is 23.2. The Bertz CT molecular complexity index is 1350. The number of urea groups is 1. The van der Waals surface area contributed by atoms with Gasteiger partial charge >= 0.3 is 6.03 Å². The molecule has 0 spiro atoms. The first-order chi connectivity index (χ1) is 16.0. The highest BCUT2D eigenvalue weighted by Gasteiger charge is 2.15. The van der Waals surface area contributed by atoms with Gasteiger partial charge < -0.3 is 10.5 Å². The average molecular weight is 443 g/mol. The largest absolute Gasteiger partial charge is 0.454 e. The van der Waals surface area contributed by atoms with Gasteiger partial charge in [0, 0.05) is 18.3 Å². The van der Waals surface area contributed by atoms with Gasteiger partial charge in [0.05, 0.1) is 23.5 Å². The van der Waals surface area contributed by atoms with Crippen molar-refractivity contribution in [3.63, 3.8) is 0 Å². The summed E-state index contributed by atoms with van der Waals surface area (Å²) in [5, 5.41) is 24.5. The number of pyridine rings is 1. The second-order valence-electron chi connectivity index (χ2n) is 6.45. The fourth-order valence-corrected chi connectivity index (χ4v) is 2.70. The first kappa shape index (κ1) is 21.1. The maximum atomic E-state index is 14.7. The standard InChI is InChI=1S/C21H14FN9O2/c22-18-9-16(31(21(24)32)27-12-15-3-1-14(11-23)2-4-15)5-6-19(18)33-17-7-8-25-20(10-17)30-13-26-28-29-30/h1-10,12-13H,(H2,24,32)/b27-12+. The summed E-state index contributed by atoms with van der Waals surface area (Å²) in [4.78, 5) is 16.0. The molecule has 11 nitrogen and oxygen atoms in total. The third-order valence-corrected chi connectivity index (χ3v) is 4.26. The molecule has 0 saturated carbocycles. The summed E-state index contributed by atoms with van der Waals surface area (Å²) in [5.41, 5.74) is 6.61. The Balaban J connectivity index is 1.54. The number of nitrogens with zero attached hydrogens (tertiary/aromatic N) is 8. The number of nitriles is 1. The number of nitrogens with two attached hydrogens (primary N) is 1. The number of carbonyl (C=O) groups excluding carboxylic acids is 1. The molecule has 2 aromatic heterocycles. The van der Waals surface area contributed by atoms with Crippen molar-refractivity contribution < 1.29 is 13.9 Å². The van der Waals surface area contributed by atoms with Crippen molar-refractivity contribution in [3.8, 4) is 23.4 Å². The number of rotatable bonds is 6. The number of hydrazone groups is 1. The van der Waals surface area contributed by atoms with Gasteiger partial charge in [-0.15, -0.1) is 5.10 Å². The highest BCUT2D eigenvalue weighted by molar-refractivity contribution is 5.93. The first-order valence-electron chi connectivity index (χ1n) is 9.34. The molecule has 2 amide bonds. The lowest BCUT2D eigenvalue weighted by molar-refractivity contribution is 0.254. The fraction of sp³-hybridized carbons (Fsp3) is 0. The molecular weight excluding hydrogens is 429 g/mol. The Morgan fingerprint density at radius 1 is 1.21 bits per heavy atom. The minimum absolute atomic E-state index is 0.0897. The van der Waals surface area contributed by atoms with E-state index in [0.717, 1.165) is 11.1 Å². The Kier molecular flexibility index (Phi) is 5.94. The number of anilines is 1. The first-order valence-corrected chi connectivity index (χ1v) is 9.34. The van der Waals surface area contributed by atoms with E-state index in [2.05, 4.69) is 25.6 Å². The molecule has 4 aromatic rings. The average Bonchev–Trinajstić information content (AvgIpc) is 3.36. The smallest absolute Gasteiger partial charge is 0.340 e. The number of halogens is 1. The number of aromatic nitrogens is 5. The highest BCUT2D eigenvalue weighted by atomic mass is 19.1. The van der Waals surface area contributed by atoms with Crippen molar-refractivity contribution in [1.82, 2.24) is 25.2 Å². The van der Waals surface area contributed by atoms with Crippen LogP contribution < -0.4 is 15.5 Å². The number of benzene rings is 2. The number of ether oxygens (including phenoxy) is 1. The second kappa shape index (κ2) is 9.31. The van der Waals surface area contributed by atoms with E-state index >= 15 is 0 Å². The van der Waals surface area contributed by atoms with Gasteiger partial charge in [-0.25, -0.2) is 14.2 Å². The summed E-state index contributed by atoms with van der Waals surface area (Å²) >= 11 is 0. The molecule has 2 heterocycles. The number of carbonyl (C=O) groups is 1. The minimum Gasteiger partial charge on any atom is -0.454 e. The summed E-state index contributed by atoms with van der Waals surface area (Å²) < 4.78 is 21.7. The molecule has 33 heavy (non-hydrogen) atoms. The van der Waals surface area contributed by atoms with Gasteiger partial charge in [0.15, 0.2) is 17.4 Å². The van der Waals surface area contributed by atoms with E-state index < -0.39 is 11.8 Å². The molecule has 0 radical (unpaired) electrons. The van der Waals surface area contributed by atoms with E-state index in [1.807, 2.05) is 6.07 Å². The summed E-state index contributed by atoms with van der Waals surface area (Å²) in [6.45, 7) is 0. The molecule has 0 aliphatic heterocycles. The van der Waals surface area contributed by atoms with E-state index in [-0.39, 0.29) is 11.4 Å². The highest BCUT2D eigenvalue weighted by Crippen LogP contribution is 2.28. The second-order valence-corrected chi connectivity index (χ2v) is 6.45. The zero-order valence-electron chi connectivity index (χ0n) is 16.8. The molecule has 2 N–H and O–H groups in total. The van der Waals surface area contributed by atoms with Gasteiger partial charge in [-0.2, -0.15) is 20.1 Å². The molecular formula is C21H14FN9O2. The molecule has 0 saturated heterocycles. The molecule has 4 rings (SSSR count). The van der Waals surface area contributed by atoms with E-state index in [0.29, 0.717) is 22.7 Å². The van der Waals surface area contributed by atoms with Crippen molar-refractivity contribution in [3.05, 3.63) is 84.1 Å². The molecule has 0 aliphatic rings. The van der Waals surface area contributed by atoms with Crippen LogP contribution in [0.1, 0.15) is 11.1 Å².